The minimum absolute atomic E-state index is 0.319. The summed E-state index contributed by atoms with van der Waals surface area (Å²) < 4.78 is 5.46. The van der Waals surface area contributed by atoms with Gasteiger partial charge in [0.25, 0.3) is 0 Å². The van der Waals surface area contributed by atoms with Gasteiger partial charge in [0.05, 0.1) is 13.2 Å². The number of carbonyl (C=O) groups is 1. The number of piperidine rings is 1. The first-order valence-electron chi connectivity index (χ1n) is 6.93. The smallest absolute Gasteiger partial charge is 0.224 e. The number of fused-ring (bicyclic) bond motifs is 1. The van der Waals surface area contributed by atoms with Gasteiger partial charge in [-0.05, 0) is 26.2 Å². The van der Waals surface area contributed by atoms with Crippen molar-refractivity contribution in [2.45, 2.75) is 44.7 Å². The van der Waals surface area contributed by atoms with Crippen molar-refractivity contribution < 1.29 is 9.53 Å². The fourth-order valence-corrected chi connectivity index (χ4v) is 2.90. The van der Waals surface area contributed by atoms with Crippen LogP contribution in [0, 0.1) is 0 Å². The van der Waals surface area contributed by atoms with Gasteiger partial charge in [0.2, 0.25) is 5.91 Å². The lowest BCUT2D eigenvalue weighted by atomic mass is 9.99. The van der Waals surface area contributed by atoms with E-state index in [0.717, 1.165) is 31.5 Å². The second-order valence-corrected chi connectivity index (χ2v) is 5.42. The summed E-state index contributed by atoms with van der Waals surface area (Å²) in [5, 5.41) is 3.47. The Hall–Kier alpha value is -0.870. The lowest BCUT2D eigenvalue weighted by molar-refractivity contribution is -0.129. The standard InChI is InChI=1S/C14H24N2O2/c1-11(2)10-18-8-6-15-12-9-14(17)16-7-4-3-5-13(12)16/h12-13,15H,1,3-10H2,2H3. The largest absolute Gasteiger partial charge is 0.376 e. The highest BCUT2D eigenvalue weighted by Gasteiger charge is 2.40. The lowest BCUT2D eigenvalue weighted by Gasteiger charge is -2.32. The number of amides is 1. The molecule has 0 aromatic carbocycles. The molecule has 1 N–H and O–H groups in total. The van der Waals surface area contributed by atoms with Gasteiger partial charge in [0.15, 0.2) is 0 Å². The molecule has 0 saturated carbocycles. The normalized spacial score (nSPS) is 27.4. The molecule has 0 aromatic heterocycles. The molecule has 1 amide bonds. The lowest BCUT2D eigenvalue weighted by Crippen LogP contribution is -2.46. The molecule has 2 aliphatic rings. The maximum Gasteiger partial charge on any atom is 0.224 e. The van der Waals surface area contributed by atoms with E-state index in [4.69, 9.17) is 4.74 Å². The molecule has 2 saturated heterocycles. The van der Waals surface area contributed by atoms with Gasteiger partial charge >= 0.3 is 0 Å². The fraction of sp³-hybridized carbons (Fsp3) is 0.786. The minimum Gasteiger partial charge on any atom is -0.376 e. The molecule has 0 aromatic rings. The molecule has 2 fully saturated rings. The van der Waals surface area contributed by atoms with Gasteiger partial charge in [-0.1, -0.05) is 12.2 Å². The third-order valence-corrected chi connectivity index (χ3v) is 3.73. The number of rotatable bonds is 6. The third-order valence-electron chi connectivity index (χ3n) is 3.73. The van der Waals surface area contributed by atoms with Crippen molar-refractivity contribution in [2.75, 3.05) is 26.3 Å². The van der Waals surface area contributed by atoms with E-state index in [1.54, 1.807) is 0 Å². The van der Waals surface area contributed by atoms with Gasteiger partial charge in [-0.2, -0.15) is 0 Å². The highest BCUT2D eigenvalue weighted by atomic mass is 16.5. The number of nitrogens with zero attached hydrogens (tertiary/aromatic N) is 1. The molecule has 2 rings (SSSR count). The van der Waals surface area contributed by atoms with Gasteiger partial charge in [-0.15, -0.1) is 0 Å². The van der Waals surface area contributed by atoms with E-state index in [9.17, 15) is 4.79 Å². The molecule has 4 nitrogen and oxygen atoms in total. The summed E-state index contributed by atoms with van der Waals surface area (Å²) in [6.07, 6.45) is 4.22. The molecular weight excluding hydrogens is 228 g/mol. The molecule has 0 aliphatic carbocycles. The highest BCUT2D eigenvalue weighted by Crippen LogP contribution is 2.27. The molecule has 4 heteroatoms. The molecule has 2 aliphatic heterocycles. The van der Waals surface area contributed by atoms with Gasteiger partial charge < -0.3 is 15.0 Å². The number of nitrogens with one attached hydrogen (secondary N) is 1. The van der Waals surface area contributed by atoms with Crippen LogP contribution in [0.1, 0.15) is 32.6 Å². The van der Waals surface area contributed by atoms with Crippen molar-refractivity contribution in [2.24, 2.45) is 0 Å². The second-order valence-electron chi connectivity index (χ2n) is 5.42. The maximum atomic E-state index is 11.8. The van der Waals surface area contributed by atoms with Crippen LogP contribution in [0.5, 0.6) is 0 Å². The Labute approximate surface area is 109 Å². The molecular formula is C14H24N2O2. The Kier molecular flexibility index (Phi) is 4.78. The van der Waals surface area contributed by atoms with Crippen LogP contribution >= 0.6 is 0 Å². The minimum atomic E-state index is 0.319. The predicted molar refractivity (Wildman–Crippen MR) is 71.4 cm³/mol. The van der Waals surface area contributed by atoms with Gasteiger partial charge in [0.1, 0.15) is 0 Å². The first kappa shape index (κ1) is 13.6. The van der Waals surface area contributed by atoms with Crippen LogP contribution < -0.4 is 5.32 Å². The van der Waals surface area contributed by atoms with E-state index in [1.165, 1.54) is 6.42 Å². The van der Waals surface area contributed by atoms with Crippen LogP contribution in [0.15, 0.2) is 12.2 Å². The fourth-order valence-electron chi connectivity index (χ4n) is 2.90. The topological polar surface area (TPSA) is 41.6 Å². The number of ether oxygens (including phenoxy) is 1. The van der Waals surface area contributed by atoms with E-state index >= 15 is 0 Å². The molecule has 0 spiro atoms. The Balaban J connectivity index is 1.69. The van der Waals surface area contributed by atoms with E-state index in [0.29, 0.717) is 37.6 Å². The first-order valence-corrected chi connectivity index (χ1v) is 6.93. The van der Waals surface area contributed by atoms with Crippen LogP contribution in [0.3, 0.4) is 0 Å². The summed E-state index contributed by atoms with van der Waals surface area (Å²) in [6.45, 7) is 8.84. The monoisotopic (exact) mass is 252 g/mol. The Morgan fingerprint density at radius 1 is 1.56 bits per heavy atom. The summed E-state index contributed by atoms with van der Waals surface area (Å²) in [5.74, 6) is 0.319. The zero-order valence-electron chi connectivity index (χ0n) is 11.3. The first-order chi connectivity index (χ1) is 8.68. The maximum absolute atomic E-state index is 11.8. The van der Waals surface area contributed by atoms with Gasteiger partial charge in [0, 0.05) is 31.6 Å². The van der Waals surface area contributed by atoms with Crippen LogP contribution in [-0.2, 0) is 9.53 Å². The molecule has 2 heterocycles. The van der Waals surface area contributed by atoms with Crippen molar-refractivity contribution in [3.8, 4) is 0 Å². The van der Waals surface area contributed by atoms with Crippen LogP contribution in [0.25, 0.3) is 0 Å². The van der Waals surface area contributed by atoms with Crippen LogP contribution in [0.4, 0.5) is 0 Å². The van der Waals surface area contributed by atoms with Crippen molar-refractivity contribution in [1.29, 1.82) is 0 Å². The van der Waals surface area contributed by atoms with E-state index in [2.05, 4.69) is 16.8 Å². The zero-order valence-corrected chi connectivity index (χ0v) is 11.3. The van der Waals surface area contributed by atoms with Crippen molar-refractivity contribution in [1.82, 2.24) is 10.2 Å². The average molecular weight is 252 g/mol. The molecule has 0 bridgehead atoms. The Bertz CT molecular complexity index is 317. The predicted octanol–water partition coefficient (Wildman–Crippen LogP) is 1.32. The molecule has 18 heavy (non-hydrogen) atoms. The average Bonchev–Trinajstić information content (AvgIpc) is 2.66. The second kappa shape index (κ2) is 6.34. The Morgan fingerprint density at radius 2 is 2.39 bits per heavy atom. The van der Waals surface area contributed by atoms with Crippen LogP contribution in [-0.4, -0.2) is 49.2 Å². The summed E-state index contributed by atoms with van der Waals surface area (Å²) >= 11 is 0. The quantitative estimate of drug-likeness (QED) is 0.572. The molecule has 2 atom stereocenters. The summed E-state index contributed by atoms with van der Waals surface area (Å²) in [5.41, 5.74) is 1.05. The number of hydrogen-bond acceptors (Lipinski definition) is 3. The molecule has 102 valence electrons. The van der Waals surface area contributed by atoms with Crippen molar-refractivity contribution in [3.05, 3.63) is 12.2 Å². The Morgan fingerprint density at radius 3 is 3.17 bits per heavy atom. The summed E-state index contributed by atoms with van der Waals surface area (Å²) in [6, 6.07) is 0.749. The van der Waals surface area contributed by atoms with Gasteiger partial charge in [-0.3, -0.25) is 4.79 Å². The number of carbonyl (C=O) groups excluding carboxylic acids is 1. The number of hydrogen-bond donors (Lipinski definition) is 1. The van der Waals surface area contributed by atoms with Gasteiger partial charge in [-0.25, -0.2) is 0 Å². The van der Waals surface area contributed by atoms with E-state index in [1.807, 2.05) is 6.92 Å². The molecule has 0 radical (unpaired) electrons. The van der Waals surface area contributed by atoms with Crippen LogP contribution in [0.2, 0.25) is 0 Å². The third kappa shape index (κ3) is 3.33. The highest BCUT2D eigenvalue weighted by molar-refractivity contribution is 5.80. The van der Waals surface area contributed by atoms with Crippen molar-refractivity contribution in [3.63, 3.8) is 0 Å². The van der Waals surface area contributed by atoms with E-state index < -0.39 is 0 Å². The summed E-state index contributed by atoms with van der Waals surface area (Å²) in [7, 11) is 0. The summed E-state index contributed by atoms with van der Waals surface area (Å²) in [4.78, 5) is 13.9. The molecule has 2 unspecified atom stereocenters. The SMILES string of the molecule is C=C(C)COCCNC1CC(=O)N2CCCCC12. The zero-order chi connectivity index (χ0) is 13.0. The van der Waals surface area contributed by atoms with E-state index in [-0.39, 0.29) is 0 Å². The van der Waals surface area contributed by atoms with Crippen molar-refractivity contribution >= 4 is 5.91 Å².